The summed E-state index contributed by atoms with van der Waals surface area (Å²) >= 11 is 0. The van der Waals surface area contributed by atoms with Gasteiger partial charge in [-0.1, -0.05) is 6.08 Å². The van der Waals surface area contributed by atoms with E-state index in [0.717, 1.165) is 19.5 Å². The summed E-state index contributed by atoms with van der Waals surface area (Å²) in [6.45, 7) is 12.1. The van der Waals surface area contributed by atoms with Crippen molar-refractivity contribution in [1.82, 2.24) is 4.90 Å². The Labute approximate surface area is 100 Å². The van der Waals surface area contributed by atoms with Crippen LogP contribution in [0.2, 0.25) is 0 Å². The topological polar surface area (TPSA) is 21.7 Å². The van der Waals surface area contributed by atoms with Crippen molar-refractivity contribution in [1.29, 1.82) is 0 Å². The van der Waals surface area contributed by atoms with E-state index in [1.165, 1.54) is 0 Å². The van der Waals surface area contributed by atoms with Crippen molar-refractivity contribution < 1.29 is 9.47 Å². The quantitative estimate of drug-likeness (QED) is 0.566. The van der Waals surface area contributed by atoms with Gasteiger partial charge in [0.1, 0.15) is 0 Å². The predicted molar refractivity (Wildman–Crippen MR) is 68.8 cm³/mol. The number of rotatable bonds is 9. The molecule has 0 bridgehead atoms. The van der Waals surface area contributed by atoms with E-state index in [0.29, 0.717) is 6.04 Å². The fourth-order valence-corrected chi connectivity index (χ4v) is 1.61. The molecule has 0 saturated heterocycles. The van der Waals surface area contributed by atoms with E-state index in [1.807, 2.05) is 13.0 Å². The zero-order chi connectivity index (χ0) is 12.6. The predicted octanol–water partition coefficient (Wildman–Crippen LogP) is 2.32. The normalized spacial score (nSPS) is 15.4. The van der Waals surface area contributed by atoms with Gasteiger partial charge in [0.2, 0.25) is 0 Å². The van der Waals surface area contributed by atoms with Crippen LogP contribution in [0, 0.1) is 0 Å². The molecule has 0 spiro atoms. The molecule has 0 N–H and O–H groups in total. The van der Waals surface area contributed by atoms with Gasteiger partial charge >= 0.3 is 0 Å². The second-order valence-corrected chi connectivity index (χ2v) is 4.38. The summed E-state index contributed by atoms with van der Waals surface area (Å²) in [5.41, 5.74) is 0. The van der Waals surface area contributed by atoms with Crippen molar-refractivity contribution >= 4 is 0 Å². The first-order chi connectivity index (χ1) is 7.56. The average molecular weight is 229 g/mol. The summed E-state index contributed by atoms with van der Waals surface area (Å²) < 4.78 is 10.8. The number of ether oxygens (including phenoxy) is 2. The lowest BCUT2D eigenvalue weighted by molar-refractivity contribution is -0.0452. The molecule has 0 aromatic carbocycles. The molecule has 96 valence electrons. The first kappa shape index (κ1) is 15.6. The lowest BCUT2D eigenvalue weighted by atomic mass is 10.1. The molecule has 3 nitrogen and oxygen atoms in total. The van der Waals surface area contributed by atoms with Gasteiger partial charge in [-0.25, -0.2) is 0 Å². The Bertz CT molecular complexity index is 183. The second kappa shape index (κ2) is 8.74. The van der Waals surface area contributed by atoms with E-state index in [2.05, 4.69) is 25.3 Å². The maximum atomic E-state index is 5.47. The molecule has 0 aliphatic heterocycles. The monoisotopic (exact) mass is 229 g/mol. The summed E-state index contributed by atoms with van der Waals surface area (Å²) in [5, 5.41) is 0. The first-order valence-electron chi connectivity index (χ1n) is 5.97. The molecule has 2 unspecified atom stereocenters. The van der Waals surface area contributed by atoms with Gasteiger partial charge in [0.05, 0.1) is 12.2 Å². The third-order valence-corrected chi connectivity index (χ3v) is 2.96. The summed E-state index contributed by atoms with van der Waals surface area (Å²) in [4.78, 5) is 2.39. The van der Waals surface area contributed by atoms with Crippen molar-refractivity contribution in [2.45, 2.75) is 45.4 Å². The maximum absolute atomic E-state index is 5.47. The van der Waals surface area contributed by atoms with Gasteiger partial charge in [0.25, 0.3) is 0 Å². The highest BCUT2D eigenvalue weighted by Gasteiger charge is 2.20. The zero-order valence-electron chi connectivity index (χ0n) is 11.4. The number of methoxy groups -OCH3 is 2. The molecule has 0 amide bonds. The van der Waals surface area contributed by atoms with Crippen LogP contribution in [-0.4, -0.2) is 50.5 Å². The van der Waals surface area contributed by atoms with Crippen LogP contribution in [0.5, 0.6) is 0 Å². The van der Waals surface area contributed by atoms with Crippen molar-refractivity contribution in [3.63, 3.8) is 0 Å². The molecule has 16 heavy (non-hydrogen) atoms. The van der Waals surface area contributed by atoms with Crippen LogP contribution < -0.4 is 0 Å². The van der Waals surface area contributed by atoms with Crippen LogP contribution in [0.4, 0.5) is 0 Å². The molecule has 0 heterocycles. The molecule has 0 rings (SSSR count). The average Bonchev–Trinajstić information content (AvgIpc) is 2.28. The standard InChI is InChI=1S/C13H27NO2/c1-7-8-9-14(11(2)3)10-13(16-6)12(4)15-5/h7,11-13H,1,8-10H2,2-6H3. The molecule has 0 aliphatic carbocycles. The summed E-state index contributed by atoms with van der Waals surface area (Å²) in [6.07, 6.45) is 3.21. The van der Waals surface area contributed by atoms with Gasteiger partial charge < -0.3 is 9.47 Å². The number of nitrogens with zero attached hydrogens (tertiary/aromatic N) is 1. The van der Waals surface area contributed by atoms with Crippen LogP contribution in [0.1, 0.15) is 27.2 Å². The highest BCUT2D eigenvalue weighted by molar-refractivity contribution is 4.77. The fraction of sp³-hybridized carbons (Fsp3) is 0.846. The van der Waals surface area contributed by atoms with E-state index in [4.69, 9.17) is 9.47 Å². The lowest BCUT2D eigenvalue weighted by Crippen LogP contribution is -2.43. The Morgan fingerprint density at radius 1 is 1.19 bits per heavy atom. The highest BCUT2D eigenvalue weighted by atomic mass is 16.5. The molecular formula is C13H27NO2. The molecule has 0 aliphatic rings. The minimum absolute atomic E-state index is 0.120. The van der Waals surface area contributed by atoms with E-state index in [-0.39, 0.29) is 12.2 Å². The number of hydrogen-bond donors (Lipinski definition) is 0. The van der Waals surface area contributed by atoms with Gasteiger partial charge in [0.15, 0.2) is 0 Å². The van der Waals surface area contributed by atoms with Crippen molar-refractivity contribution in [2.75, 3.05) is 27.3 Å². The van der Waals surface area contributed by atoms with E-state index < -0.39 is 0 Å². The first-order valence-corrected chi connectivity index (χ1v) is 5.97. The van der Waals surface area contributed by atoms with Gasteiger partial charge in [-0.05, 0) is 27.2 Å². The number of hydrogen-bond acceptors (Lipinski definition) is 3. The Morgan fingerprint density at radius 2 is 1.81 bits per heavy atom. The van der Waals surface area contributed by atoms with Crippen LogP contribution >= 0.6 is 0 Å². The third-order valence-electron chi connectivity index (χ3n) is 2.96. The largest absolute Gasteiger partial charge is 0.379 e. The zero-order valence-corrected chi connectivity index (χ0v) is 11.4. The molecule has 0 aromatic rings. The molecule has 2 atom stereocenters. The minimum Gasteiger partial charge on any atom is -0.379 e. The van der Waals surface area contributed by atoms with Gasteiger partial charge in [-0.3, -0.25) is 4.90 Å². The molecule has 0 fully saturated rings. The third kappa shape index (κ3) is 5.64. The second-order valence-electron chi connectivity index (χ2n) is 4.38. The highest BCUT2D eigenvalue weighted by Crippen LogP contribution is 2.08. The fourth-order valence-electron chi connectivity index (χ4n) is 1.61. The van der Waals surface area contributed by atoms with E-state index in [1.54, 1.807) is 14.2 Å². The van der Waals surface area contributed by atoms with Crippen LogP contribution in [0.3, 0.4) is 0 Å². The van der Waals surface area contributed by atoms with Crippen LogP contribution in [0.25, 0.3) is 0 Å². The molecular weight excluding hydrogens is 202 g/mol. The van der Waals surface area contributed by atoms with E-state index >= 15 is 0 Å². The molecule has 0 saturated carbocycles. The smallest absolute Gasteiger partial charge is 0.0956 e. The van der Waals surface area contributed by atoms with Crippen LogP contribution in [0.15, 0.2) is 12.7 Å². The molecule has 0 aromatic heterocycles. The van der Waals surface area contributed by atoms with Crippen LogP contribution in [-0.2, 0) is 9.47 Å². The Balaban J connectivity index is 4.27. The Morgan fingerprint density at radius 3 is 2.19 bits per heavy atom. The Kier molecular flexibility index (Phi) is 8.53. The summed E-state index contributed by atoms with van der Waals surface area (Å²) in [6, 6.07) is 0.515. The molecule has 3 heteroatoms. The minimum atomic E-state index is 0.120. The Hall–Kier alpha value is -0.380. The lowest BCUT2D eigenvalue weighted by Gasteiger charge is -2.32. The van der Waals surface area contributed by atoms with Gasteiger partial charge in [0, 0.05) is 33.4 Å². The van der Waals surface area contributed by atoms with E-state index in [9.17, 15) is 0 Å². The van der Waals surface area contributed by atoms with Crippen molar-refractivity contribution in [3.8, 4) is 0 Å². The summed E-state index contributed by atoms with van der Waals surface area (Å²) in [7, 11) is 3.46. The summed E-state index contributed by atoms with van der Waals surface area (Å²) in [5.74, 6) is 0. The molecule has 0 radical (unpaired) electrons. The van der Waals surface area contributed by atoms with Crippen molar-refractivity contribution in [3.05, 3.63) is 12.7 Å². The van der Waals surface area contributed by atoms with Crippen molar-refractivity contribution in [2.24, 2.45) is 0 Å². The van der Waals surface area contributed by atoms with Gasteiger partial charge in [-0.15, -0.1) is 6.58 Å². The maximum Gasteiger partial charge on any atom is 0.0956 e. The SMILES string of the molecule is C=CCCN(CC(OC)C(C)OC)C(C)C. The van der Waals surface area contributed by atoms with Gasteiger partial charge in [-0.2, -0.15) is 0 Å².